The van der Waals surface area contributed by atoms with Crippen LogP contribution in [0.2, 0.25) is 5.02 Å². The van der Waals surface area contributed by atoms with Crippen LogP contribution in [0.4, 0.5) is 5.69 Å². The SMILES string of the molecule is CC[C@H](C)c1ccc(NC(=O)CSc2nnc(-c3cccc(OC)c3)n2-c2ccc(Cl)cc2)cc1. The van der Waals surface area contributed by atoms with E-state index in [1.807, 2.05) is 65.2 Å². The van der Waals surface area contributed by atoms with E-state index in [1.165, 1.54) is 17.3 Å². The fourth-order valence-corrected chi connectivity index (χ4v) is 4.47. The number of hydrogen-bond donors (Lipinski definition) is 1. The second-order valence-corrected chi connectivity index (χ2v) is 9.50. The Kier molecular flexibility index (Phi) is 8.10. The van der Waals surface area contributed by atoms with Gasteiger partial charge in [0, 0.05) is 22.0 Å². The highest BCUT2D eigenvalue weighted by Gasteiger charge is 2.18. The van der Waals surface area contributed by atoms with E-state index in [1.54, 1.807) is 7.11 Å². The largest absolute Gasteiger partial charge is 0.497 e. The average molecular weight is 507 g/mol. The number of benzene rings is 3. The Balaban J connectivity index is 1.54. The van der Waals surface area contributed by atoms with Gasteiger partial charge in [0.2, 0.25) is 5.91 Å². The second-order valence-electron chi connectivity index (χ2n) is 8.12. The lowest BCUT2D eigenvalue weighted by Gasteiger charge is -2.12. The van der Waals surface area contributed by atoms with Crippen LogP contribution in [-0.2, 0) is 4.79 Å². The molecule has 0 aliphatic rings. The van der Waals surface area contributed by atoms with Crippen LogP contribution < -0.4 is 10.1 Å². The van der Waals surface area contributed by atoms with Gasteiger partial charge in [0.15, 0.2) is 11.0 Å². The normalized spacial score (nSPS) is 11.8. The molecule has 1 N–H and O–H groups in total. The number of carbonyl (C=O) groups is 1. The maximum absolute atomic E-state index is 12.7. The first kappa shape index (κ1) is 24.8. The van der Waals surface area contributed by atoms with E-state index < -0.39 is 0 Å². The van der Waals surface area contributed by atoms with Crippen molar-refractivity contribution in [3.05, 3.63) is 83.4 Å². The zero-order chi connectivity index (χ0) is 24.8. The van der Waals surface area contributed by atoms with Gasteiger partial charge in [0.05, 0.1) is 12.9 Å². The summed E-state index contributed by atoms with van der Waals surface area (Å²) in [7, 11) is 1.63. The summed E-state index contributed by atoms with van der Waals surface area (Å²) in [6.45, 7) is 4.36. The van der Waals surface area contributed by atoms with Gasteiger partial charge in [-0.2, -0.15) is 0 Å². The first-order valence-corrected chi connectivity index (χ1v) is 12.7. The summed E-state index contributed by atoms with van der Waals surface area (Å²) >= 11 is 7.43. The number of ether oxygens (including phenoxy) is 1. The summed E-state index contributed by atoms with van der Waals surface area (Å²) in [4.78, 5) is 12.7. The van der Waals surface area contributed by atoms with E-state index in [2.05, 4.69) is 41.5 Å². The predicted octanol–water partition coefficient (Wildman–Crippen LogP) is 6.84. The Morgan fingerprint density at radius 1 is 1.09 bits per heavy atom. The maximum Gasteiger partial charge on any atom is 0.234 e. The van der Waals surface area contributed by atoms with Crippen LogP contribution in [-0.4, -0.2) is 33.5 Å². The van der Waals surface area contributed by atoms with Crippen molar-refractivity contribution in [1.82, 2.24) is 14.8 Å². The first-order valence-electron chi connectivity index (χ1n) is 11.4. The molecule has 0 bridgehead atoms. The number of aromatic nitrogens is 3. The van der Waals surface area contributed by atoms with Gasteiger partial charge in [-0.15, -0.1) is 10.2 Å². The molecule has 0 spiro atoms. The molecule has 1 aromatic heterocycles. The monoisotopic (exact) mass is 506 g/mol. The Morgan fingerprint density at radius 2 is 1.83 bits per heavy atom. The fraction of sp³-hybridized carbons (Fsp3) is 0.222. The van der Waals surface area contributed by atoms with Crippen LogP contribution in [0, 0.1) is 0 Å². The number of halogens is 1. The van der Waals surface area contributed by atoms with Gasteiger partial charge in [0.1, 0.15) is 5.75 Å². The summed E-state index contributed by atoms with van der Waals surface area (Å²) in [6, 6.07) is 23.1. The molecule has 35 heavy (non-hydrogen) atoms. The summed E-state index contributed by atoms with van der Waals surface area (Å²) in [6.07, 6.45) is 1.08. The molecular weight excluding hydrogens is 480 g/mol. The van der Waals surface area contributed by atoms with E-state index in [-0.39, 0.29) is 11.7 Å². The maximum atomic E-state index is 12.7. The number of amides is 1. The molecule has 0 saturated heterocycles. The molecular formula is C27H27ClN4O2S. The van der Waals surface area contributed by atoms with Crippen LogP contribution in [0.3, 0.4) is 0 Å². The van der Waals surface area contributed by atoms with Crippen molar-refractivity contribution in [3.63, 3.8) is 0 Å². The first-order chi connectivity index (χ1) is 17.0. The molecule has 180 valence electrons. The number of nitrogens with zero attached hydrogens (tertiary/aromatic N) is 3. The Labute approximate surface area is 214 Å². The summed E-state index contributed by atoms with van der Waals surface area (Å²) in [5.41, 5.74) is 3.74. The number of nitrogens with one attached hydrogen (secondary N) is 1. The molecule has 1 atom stereocenters. The highest BCUT2D eigenvalue weighted by Crippen LogP contribution is 2.30. The molecule has 0 unspecified atom stereocenters. The van der Waals surface area contributed by atoms with Gasteiger partial charge >= 0.3 is 0 Å². The lowest BCUT2D eigenvalue weighted by atomic mass is 9.99. The van der Waals surface area contributed by atoms with Crippen LogP contribution in [0.25, 0.3) is 17.1 Å². The molecule has 3 aromatic carbocycles. The van der Waals surface area contributed by atoms with Crippen LogP contribution in [0.1, 0.15) is 31.7 Å². The van der Waals surface area contributed by atoms with Crippen LogP contribution in [0.15, 0.2) is 78.0 Å². The smallest absolute Gasteiger partial charge is 0.234 e. The molecule has 1 heterocycles. The molecule has 8 heteroatoms. The van der Waals surface area contributed by atoms with Gasteiger partial charge in [-0.05, 0) is 66.4 Å². The quantitative estimate of drug-likeness (QED) is 0.252. The molecule has 0 fully saturated rings. The zero-order valence-corrected chi connectivity index (χ0v) is 21.4. The summed E-state index contributed by atoms with van der Waals surface area (Å²) < 4.78 is 7.29. The van der Waals surface area contributed by atoms with Crippen molar-refractivity contribution in [2.75, 3.05) is 18.2 Å². The van der Waals surface area contributed by atoms with Gasteiger partial charge in [-0.25, -0.2) is 0 Å². The lowest BCUT2D eigenvalue weighted by Crippen LogP contribution is -2.14. The molecule has 6 nitrogen and oxygen atoms in total. The topological polar surface area (TPSA) is 69.0 Å². The molecule has 4 rings (SSSR count). The van der Waals surface area contributed by atoms with E-state index in [9.17, 15) is 4.79 Å². The average Bonchev–Trinajstić information content (AvgIpc) is 3.32. The van der Waals surface area contributed by atoms with E-state index in [4.69, 9.17) is 16.3 Å². The highest BCUT2D eigenvalue weighted by atomic mass is 35.5. The zero-order valence-electron chi connectivity index (χ0n) is 19.9. The number of rotatable bonds is 9. The number of carbonyl (C=O) groups excluding carboxylic acids is 1. The van der Waals surface area contributed by atoms with Crippen molar-refractivity contribution in [3.8, 4) is 22.8 Å². The van der Waals surface area contributed by atoms with Crippen molar-refractivity contribution in [2.45, 2.75) is 31.3 Å². The third-order valence-corrected chi connectivity index (χ3v) is 6.94. The highest BCUT2D eigenvalue weighted by molar-refractivity contribution is 7.99. The molecule has 0 saturated carbocycles. The minimum absolute atomic E-state index is 0.111. The molecule has 0 radical (unpaired) electrons. The Morgan fingerprint density at radius 3 is 2.51 bits per heavy atom. The van der Waals surface area contributed by atoms with E-state index >= 15 is 0 Å². The molecule has 4 aromatic rings. The van der Waals surface area contributed by atoms with Crippen LogP contribution in [0.5, 0.6) is 5.75 Å². The third kappa shape index (κ3) is 6.05. The van der Waals surface area contributed by atoms with Gasteiger partial charge in [-0.3, -0.25) is 9.36 Å². The second kappa shape index (κ2) is 11.4. The predicted molar refractivity (Wildman–Crippen MR) is 143 cm³/mol. The fourth-order valence-electron chi connectivity index (χ4n) is 3.59. The summed E-state index contributed by atoms with van der Waals surface area (Å²) in [5, 5.41) is 13.0. The molecule has 1 amide bonds. The minimum Gasteiger partial charge on any atom is -0.497 e. The Hall–Kier alpha value is -3.29. The van der Waals surface area contributed by atoms with Gasteiger partial charge in [0.25, 0.3) is 0 Å². The number of anilines is 1. The number of thioether (sulfide) groups is 1. The summed E-state index contributed by atoms with van der Waals surface area (Å²) in [5.74, 6) is 1.95. The number of methoxy groups -OCH3 is 1. The van der Waals surface area contributed by atoms with E-state index in [0.29, 0.717) is 21.9 Å². The standard InChI is InChI=1S/C27H27ClN4O2S/c1-4-18(2)19-8-12-22(13-9-19)29-25(33)17-35-27-31-30-26(20-6-5-7-24(16-20)34-3)32(27)23-14-10-21(28)11-15-23/h5-16,18H,4,17H2,1-3H3,(H,29,33)/t18-/m0/s1. The molecule has 0 aliphatic heterocycles. The van der Waals surface area contributed by atoms with E-state index in [0.717, 1.165) is 29.1 Å². The molecule has 0 aliphatic carbocycles. The lowest BCUT2D eigenvalue weighted by molar-refractivity contribution is -0.113. The van der Waals surface area contributed by atoms with Crippen molar-refractivity contribution < 1.29 is 9.53 Å². The van der Waals surface area contributed by atoms with Crippen molar-refractivity contribution in [1.29, 1.82) is 0 Å². The van der Waals surface area contributed by atoms with Crippen molar-refractivity contribution in [2.24, 2.45) is 0 Å². The van der Waals surface area contributed by atoms with Crippen LogP contribution >= 0.6 is 23.4 Å². The van der Waals surface area contributed by atoms with Gasteiger partial charge in [-0.1, -0.05) is 61.5 Å². The van der Waals surface area contributed by atoms with Crippen molar-refractivity contribution >= 4 is 35.0 Å². The number of hydrogen-bond acceptors (Lipinski definition) is 5. The minimum atomic E-state index is -0.111. The Bertz CT molecular complexity index is 1290. The van der Waals surface area contributed by atoms with Gasteiger partial charge < -0.3 is 10.1 Å². The third-order valence-electron chi connectivity index (χ3n) is 5.75.